The van der Waals surface area contributed by atoms with Gasteiger partial charge in [-0.05, 0) is 0 Å². The lowest BCUT2D eigenvalue weighted by Crippen LogP contribution is -2.64. The van der Waals surface area contributed by atoms with Crippen molar-refractivity contribution in [3.8, 4) is 0 Å². The molecule has 170 valence electrons. The van der Waals surface area contributed by atoms with E-state index in [0.29, 0.717) is 5.56 Å². The molecule has 1 aromatic rings. The second kappa shape index (κ2) is 11.3. The fourth-order valence-corrected chi connectivity index (χ4v) is 3.40. The van der Waals surface area contributed by atoms with Gasteiger partial charge >= 0.3 is 17.9 Å². The van der Waals surface area contributed by atoms with Crippen LogP contribution in [0.2, 0.25) is 0 Å². The summed E-state index contributed by atoms with van der Waals surface area (Å²) in [5, 5.41) is 0. The van der Waals surface area contributed by atoms with E-state index in [9.17, 15) is 14.4 Å². The van der Waals surface area contributed by atoms with E-state index in [0.717, 1.165) is 0 Å². The highest BCUT2D eigenvalue weighted by molar-refractivity contribution is 6.27. The van der Waals surface area contributed by atoms with Gasteiger partial charge in [-0.15, -0.1) is 34.8 Å². The van der Waals surface area contributed by atoms with Crippen LogP contribution in [0.3, 0.4) is 0 Å². The Labute approximate surface area is 192 Å². The molecule has 0 aromatic heterocycles. The SMILES string of the molecule is O=C(CCl)OC1O[C@@H]2COC(c3ccccc3)O[C@H]2[C@H](OC(=O)CCl)[C@H]1OC(=O)CCl. The minimum absolute atomic E-state index is 0.0181. The molecule has 2 fully saturated rings. The van der Waals surface area contributed by atoms with Crippen LogP contribution in [0.4, 0.5) is 0 Å². The van der Waals surface area contributed by atoms with Crippen molar-refractivity contribution >= 4 is 52.7 Å². The zero-order chi connectivity index (χ0) is 22.4. The van der Waals surface area contributed by atoms with Gasteiger partial charge in [0.2, 0.25) is 12.4 Å². The first-order valence-corrected chi connectivity index (χ1v) is 10.8. The topological polar surface area (TPSA) is 107 Å². The summed E-state index contributed by atoms with van der Waals surface area (Å²) < 4.78 is 33.3. The average Bonchev–Trinajstić information content (AvgIpc) is 2.80. The number of ether oxygens (including phenoxy) is 6. The molecule has 0 spiro atoms. The molecule has 1 aromatic carbocycles. The molecule has 2 saturated heterocycles. The minimum Gasteiger partial charge on any atom is -0.454 e. The van der Waals surface area contributed by atoms with Crippen LogP contribution in [-0.2, 0) is 42.8 Å². The molecule has 2 heterocycles. The number of halogens is 3. The smallest absolute Gasteiger partial charge is 0.323 e. The molecule has 6 atom stereocenters. The van der Waals surface area contributed by atoms with Gasteiger partial charge in [0.15, 0.2) is 12.4 Å². The van der Waals surface area contributed by atoms with E-state index in [1.807, 2.05) is 18.2 Å². The number of esters is 3. The van der Waals surface area contributed by atoms with E-state index >= 15 is 0 Å². The maximum absolute atomic E-state index is 12.0. The molecule has 2 unspecified atom stereocenters. The normalized spacial score (nSPS) is 30.0. The molecule has 3 rings (SSSR count). The van der Waals surface area contributed by atoms with E-state index in [4.69, 9.17) is 63.2 Å². The number of rotatable bonds is 7. The number of hydrogen-bond donors (Lipinski definition) is 0. The van der Waals surface area contributed by atoms with Crippen molar-refractivity contribution < 1.29 is 42.8 Å². The summed E-state index contributed by atoms with van der Waals surface area (Å²) in [6.45, 7) is 0.0181. The maximum atomic E-state index is 12.0. The molecule has 0 amide bonds. The van der Waals surface area contributed by atoms with Crippen LogP contribution in [0.25, 0.3) is 0 Å². The number of alkyl halides is 3. The summed E-state index contributed by atoms with van der Waals surface area (Å²) in [6.07, 6.45) is -6.57. The summed E-state index contributed by atoms with van der Waals surface area (Å²) in [6, 6.07) is 9.04. The molecule has 0 N–H and O–H groups in total. The third-order valence-corrected chi connectivity index (χ3v) is 5.12. The molecule has 0 aliphatic carbocycles. The van der Waals surface area contributed by atoms with Crippen LogP contribution in [0.15, 0.2) is 30.3 Å². The van der Waals surface area contributed by atoms with Crippen molar-refractivity contribution in [1.82, 2.24) is 0 Å². The average molecular weight is 498 g/mol. The van der Waals surface area contributed by atoms with Crippen molar-refractivity contribution in [3.05, 3.63) is 35.9 Å². The van der Waals surface area contributed by atoms with Gasteiger partial charge < -0.3 is 28.4 Å². The lowest BCUT2D eigenvalue weighted by Gasteiger charge is -2.47. The molecule has 12 heteroatoms. The largest absolute Gasteiger partial charge is 0.454 e. The molecule has 0 bridgehead atoms. The second-order valence-electron chi connectivity index (χ2n) is 6.52. The second-order valence-corrected chi connectivity index (χ2v) is 7.32. The summed E-state index contributed by atoms with van der Waals surface area (Å²) in [7, 11) is 0. The number of fused-ring (bicyclic) bond motifs is 1. The van der Waals surface area contributed by atoms with Crippen LogP contribution in [0.1, 0.15) is 11.9 Å². The van der Waals surface area contributed by atoms with Crippen molar-refractivity contribution in [1.29, 1.82) is 0 Å². The monoisotopic (exact) mass is 496 g/mol. The van der Waals surface area contributed by atoms with Crippen LogP contribution >= 0.6 is 34.8 Å². The summed E-state index contributed by atoms with van der Waals surface area (Å²) in [5.41, 5.74) is 0.716. The number of hydrogen-bond acceptors (Lipinski definition) is 9. The van der Waals surface area contributed by atoms with E-state index in [1.54, 1.807) is 12.1 Å². The van der Waals surface area contributed by atoms with Crippen molar-refractivity contribution in [2.45, 2.75) is 37.0 Å². The maximum Gasteiger partial charge on any atom is 0.323 e. The number of carbonyl (C=O) groups is 3. The standard InChI is InChI=1S/C19H19Cl3O9/c20-6-12(23)28-16-15-11(9-26-18(31-15)10-4-2-1-3-5-10)27-19(30-14(25)8-22)17(16)29-13(24)7-21/h1-5,11,15-19H,6-9H2/t11-,15-,16+,17-,18?,19?/m1/s1. The minimum atomic E-state index is -1.44. The van der Waals surface area contributed by atoms with Gasteiger partial charge in [0, 0.05) is 5.56 Å². The van der Waals surface area contributed by atoms with Gasteiger partial charge in [0.25, 0.3) is 0 Å². The molecular formula is C19H19Cl3O9. The fraction of sp³-hybridized carbons (Fsp3) is 0.526. The third kappa shape index (κ3) is 6.00. The fourth-order valence-electron chi connectivity index (χ4n) is 3.21. The Hall–Kier alpha value is -1.62. The summed E-state index contributed by atoms with van der Waals surface area (Å²) >= 11 is 16.6. The van der Waals surface area contributed by atoms with Gasteiger partial charge in [-0.3, -0.25) is 14.4 Å². The quantitative estimate of drug-likeness (QED) is 0.317. The van der Waals surface area contributed by atoms with Crippen LogP contribution in [0, 0.1) is 0 Å². The molecule has 2 aliphatic heterocycles. The van der Waals surface area contributed by atoms with Crippen molar-refractivity contribution in [2.24, 2.45) is 0 Å². The van der Waals surface area contributed by atoms with Crippen molar-refractivity contribution in [3.63, 3.8) is 0 Å². The first-order chi connectivity index (χ1) is 15.0. The highest BCUT2D eigenvalue weighted by Crippen LogP contribution is 2.37. The molecule has 0 radical (unpaired) electrons. The predicted molar refractivity (Wildman–Crippen MR) is 107 cm³/mol. The van der Waals surface area contributed by atoms with Gasteiger partial charge in [0.05, 0.1) is 6.61 Å². The number of benzene rings is 1. The van der Waals surface area contributed by atoms with E-state index < -0.39 is 72.5 Å². The van der Waals surface area contributed by atoms with E-state index in [1.165, 1.54) is 0 Å². The summed E-state index contributed by atoms with van der Waals surface area (Å²) in [4.78, 5) is 35.7. The van der Waals surface area contributed by atoms with Gasteiger partial charge in [-0.2, -0.15) is 0 Å². The summed E-state index contributed by atoms with van der Waals surface area (Å²) in [5.74, 6) is -3.91. The zero-order valence-electron chi connectivity index (χ0n) is 16.0. The van der Waals surface area contributed by atoms with Gasteiger partial charge in [-0.25, -0.2) is 0 Å². The van der Waals surface area contributed by atoms with E-state index in [2.05, 4.69) is 0 Å². The van der Waals surface area contributed by atoms with Gasteiger partial charge in [-0.1, -0.05) is 30.3 Å². The highest BCUT2D eigenvalue weighted by Gasteiger charge is 2.55. The molecular weight excluding hydrogens is 479 g/mol. The third-order valence-electron chi connectivity index (χ3n) is 4.47. The Morgan fingerprint density at radius 2 is 1.42 bits per heavy atom. The Bertz CT molecular complexity index is 778. The van der Waals surface area contributed by atoms with Crippen molar-refractivity contribution in [2.75, 3.05) is 24.2 Å². The highest BCUT2D eigenvalue weighted by atomic mass is 35.5. The Kier molecular flexibility index (Phi) is 8.76. The first-order valence-electron chi connectivity index (χ1n) is 9.20. The Balaban J connectivity index is 1.90. The Morgan fingerprint density at radius 1 is 0.839 bits per heavy atom. The lowest BCUT2D eigenvalue weighted by atomic mass is 9.97. The van der Waals surface area contributed by atoms with Crippen LogP contribution < -0.4 is 0 Å². The molecule has 9 nitrogen and oxygen atoms in total. The Morgan fingerprint density at radius 3 is 2.03 bits per heavy atom. The predicted octanol–water partition coefficient (Wildman–Crippen LogP) is 1.91. The molecule has 31 heavy (non-hydrogen) atoms. The van der Waals surface area contributed by atoms with Crippen LogP contribution in [0.5, 0.6) is 0 Å². The zero-order valence-corrected chi connectivity index (χ0v) is 18.3. The lowest BCUT2D eigenvalue weighted by molar-refractivity contribution is -0.356. The van der Waals surface area contributed by atoms with Gasteiger partial charge in [0.1, 0.15) is 29.8 Å². The van der Waals surface area contributed by atoms with Crippen LogP contribution in [-0.4, -0.2) is 72.9 Å². The molecule has 2 aliphatic rings. The first kappa shape index (κ1) is 24.0. The van der Waals surface area contributed by atoms with E-state index in [-0.39, 0.29) is 6.61 Å². The number of carbonyl (C=O) groups excluding carboxylic acids is 3. The molecule has 0 saturated carbocycles.